The van der Waals surface area contributed by atoms with Gasteiger partial charge >= 0.3 is 5.97 Å². The number of aryl methyl sites for hydroxylation is 1. The van der Waals surface area contributed by atoms with Crippen LogP contribution in [0.4, 0.5) is 0 Å². The van der Waals surface area contributed by atoms with Gasteiger partial charge in [0.05, 0.1) is 0 Å². The number of para-hydroxylation sites is 1. The molecule has 2 unspecified atom stereocenters. The molecule has 5 nitrogen and oxygen atoms in total. The summed E-state index contributed by atoms with van der Waals surface area (Å²) in [4.78, 5) is 29.5. The summed E-state index contributed by atoms with van der Waals surface area (Å²) in [6.07, 6.45) is 6.00. The Labute approximate surface area is 148 Å². The van der Waals surface area contributed by atoms with Gasteiger partial charge in [-0.05, 0) is 51.2 Å². The van der Waals surface area contributed by atoms with Crippen molar-refractivity contribution in [3.05, 3.63) is 36.0 Å². The summed E-state index contributed by atoms with van der Waals surface area (Å²) in [5.74, 6) is -0.406. The first kappa shape index (κ1) is 17.5. The van der Waals surface area contributed by atoms with Crippen molar-refractivity contribution in [2.24, 2.45) is 0 Å². The SMILES string of the molecule is CC1CCCC(C)N1C(=O)COC(=O)CCc1c[nH]c2ccccc12. The summed E-state index contributed by atoms with van der Waals surface area (Å²) in [5, 5.41) is 1.13. The van der Waals surface area contributed by atoms with E-state index in [-0.39, 0.29) is 37.0 Å². The molecular formula is C20H26N2O3. The van der Waals surface area contributed by atoms with E-state index in [0.717, 1.165) is 35.7 Å². The minimum Gasteiger partial charge on any atom is -0.456 e. The number of aromatic nitrogens is 1. The Hall–Kier alpha value is -2.30. The Kier molecular flexibility index (Phi) is 5.41. The van der Waals surface area contributed by atoms with E-state index >= 15 is 0 Å². The highest BCUT2D eigenvalue weighted by Gasteiger charge is 2.29. The van der Waals surface area contributed by atoms with Gasteiger partial charge in [0.25, 0.3) is 5.91 Å². The molecule has 134 valence electrons. The second kappa shape index (κ2) is 7.72. The molecule has 0 radical (unpaired) electrons. The van der Waals surface area contributed by atoms with Crippen molar-refractivity contribution in [3.8, 4) is 0 Å². The van der Waals surface area contributed by atoms with Crippen molar-refractivity contribution in [1.82, 2.24) is 9.88 Å². The smallest absolute Gasteiger partial charge is 0.306 e. The van der Waals surface area contributed by atoms with Gasteiger partial charge in [-0.25, -0.2) is 0 Å². The molecule has 1 N–H and O–H groups in total. The van der Waals surface area contributed by atoms with E-state index in [1.165, 1.54) is 0 Å². The summed E-state index contributed by atoms with van der Waals surface area (Å²) in [6, 6.07) is 8.46. The molecule has 1 aliphatic heterocycles. The Morgan fingerprint density at radius 1 is 1.20 bits per heavy atom. The number of hydrogen-bond acceptors (Lipinski definition) is 3. The van der Waals surface area contributed by atoms with Crippen molar-refractivity contribution in [2.45, 2.75) is 58.0 Å². The number of nitrogens with one attached hydrogen (secondary N) is 1. The third kappa shape index (κ3) is 4.03. The highest BCUT2D eigenvalue weighted by Crippen LogP contribution is 2.23. The number of nitrogens with zero attached hydrogens (tertiary/aromatic N) is 1. The Morgan fingerprint density at radius 3 is 2.68 bits per heavy atom. The number of benzene rings is 1. The van der Waals surface area contributed by atoms with Gasteiger partial charge in [-0.15, -0.1) is 0 Å². The summed E-state index contributed by atoms with van der Waals surface area (Å²) in [7, 11) is 0. The molecule has 0 aliphatic carbocycles. The van der Waals surface area contributed by atoms with Crippen molar-refractivity contribution < 1.29 is 14.3 Å². The molecule has 1 fully saturated rings. The zero-order valence-corrected chi connectivity index (χ0v) is 15.0. The van der Waals surface area contributed by atoms with Crippen LogP contribution in [0, 0.1) is 0 Å². The fourth-order valence-electron chi connectivity index (χ4n) is 3.78. The quantitative estimate of drug-likeness (QED) is 0.847. The number of likely N-dealkylation sites (tertiary alicyclic amines) is 1. The minimum atomic E-state index is -0.323. The second-order valence-electron chi connectivity index (χ2n) is 6.95. The summed E-state index contributed by atoms with van der Waals surface area (Å²) in [5.41, 5.74) is 2.16. The van der Waals surface area contributed by atoms with Crippen LogP contribution >= 0.6 is 0 Å². The second-order valence-corrected chi connectivity index (χ2v) is 6.95. The number of rotatable bonds is 5. The van der Waals surface area contributed by atoms with Gasteiger partial charge in [0.1, 0.15) is 0 Å². The van der Waals surface area contributed by atoms with E-state index in [0.29, 0.717) is 6.42 Å². The lowest BCUT2D eigenvalue weighted by Gasteiger charge is -2.38. The molecule has 2 heterocycles. The lowest BCUT2D eigenvalue weighted by molar-refractivity contribution is -0.154. The lowest BCUT2D eigenvalue weighted by atomic mass is 9.97. The Bertz CT molecular complexity index is 742. The van der Waals surface area contributed by atoms with Gasteiger partial charge in [-0.1, -0.05) is 18.2 Å². The highest BCUT2D eigenvalue weighted by molar-refractivity contribution is 5.84. The van der Waals surface area contributed by atoms with Crippen LogP contribution in [-0.4, -0.2) is 40.5 Å². The first-order chi connectivity index (χ1) is 12.1. The molecule has 1 aromatic heterocycles. The predicted molar refractivity (Wildman–Crippen MR) is 97.2 cm³/mol. The van der Waals surface area contributed by atoms with Gasteiger partial charge < -0.3 is 14.6 Å². The van der Waals surface area contributed by atoms with Crippen LogP contribution in [-0.2, 0) is 20.7 Å². The van der Waals surface area contributed by atoms with Crippen LogP contribution in [0.2, 0.25) is 0 Å². The number of hydrogen-bond donors (Lipinski definition) is 1. The van der Waals surface area contributed by atoms with Crippen molar-refractivity contribution in [3.63, 3.8) is 0 Å². The summed E-state index contributed by atoms with van der Waals surface area (Å²) >= 11 is 0. The van der Waals surface area contributed by atoms with Gasteiger partial charge in [0, 0.05) is 35.6 Å². The first-order valence-electron chi connectivity index (χ1n) is 9.08. The molecule has 1 amide bonds. The maximum Gasteiger partial charge on any atom is 0.306 e. The van der Waals surface area contributed by atoms with Gasteiger partial charge in [-0.2, -0.15) is 0 Å². The topological polar surface area (TPSA) is 62.4 Å². The van der Waals surface area contributed by atoms with Gasteiger partial charge in [-0.3, -0.25) is 9.59 Å². The monoisotopic (exact) mass is 342 g/mol. The van der Waals surface area contributed by atoms with E-state index in [9.17, 15) is 9.59 Å². The number of carbonyl (C=O) groups is 2. The van der Waals surface area contributed by atoms with Crippen LogP contribution in [0.15, 0.2) is 30.5 Å². The third-order valence-corrected chi connectivity index (χ3v) is 5.11. The molecule has 0 bridgehead atoms. The van der Waals surface area contributed by atoms with Gasteiger partial charge in [0.15, 0.2) is 6.61 Å². The normalized spacial score (nSPS) is 20.6. The van der Waals surface area contributed by atoms with Crippen molar-refractivity contribution >= 4 is 22.8 Å². The maximum absolute atomic E-state index is 12.4. The molecule has 1 saturated heterocycles. The number of ether oxygens (including phenoxy) is 1. The highest BCUT2D eigenvalue weighted by atomic mass is 16.5. The van der Waals surface area contributed by atoms with E-state index in [4.69, 9.17) is 4.74 Å². The van der Waals surface area contributed by atoms with Crippen LogP contribution in [0.1, 0.15) is 45.1 Å². The molecule has 2 atom stereocenters. The zero-order chi connectivity index (χ0) is 17.8. The number of esters is 1. The molecule has 0 saturated carbocycles. The molecule has 0 spiro atoms. The standard InChI is InChI=1S/C20H26N2O3/c1-14-6-5-7-15(2)22(14)19(23)13-25-20(24)11-10-16-12-21-18-9-4-3-8-17(16)18/h3-4,8-9,12,14-15,21H,5-7,10-11,13H2,1-2H3. The number of carbonyl (C=O) groups excluding carboxylic acids is 2. The largest absolute Gasteiger partial charge is 0.456 e. The number of aromatic amines is 1. The number of amides is 1. The van der Waals surface area contributed by atoms with Crippen molar-refractivity contribution in [1.29, 1.82) is 0 Å². The van der Waals surface area contributed by atoms with Crippen LogP contribution in [0.5, 0.6) is 0 Å². The van der Waals surface area contributed by atoms with Crippen LogP contribution < -0.4 is 0 Å². The van der Waals surface area contributed by atoms with Crippen LogP contribution in [0.25, 0.3) is 10.9 Å². The molecule has 1 aromatic carbocycles. The Balaban J connectivity index is 1.49. The number of H-pyrrole nitrogens is 1. The molecular weight excluding hydrogens is 316 g/mol. The zero-order valence-electron chi connectivity index (χ0n) is 15.0. The molecule has 3 rings (SSSR count). The number of fused-ring (bicyclic) bond motifs is 1. The summed E-state index contributed by atoms with van der Waals surface area (Å²) in [6.45, 7) is 3.97. The lowest BCUT2D eigenvalue weighted by Crippen LogP contribution is -2.49. The predicted octanol–water partition coefficient (Wildman–Crippen LogP) is 3.43. The fraction of sp³-hybridized carbons (Fsp3) is 0.500. The average molecular weight is 342 g/mol. The first-order valence-corrected chi connectivity index (χ1v) is 9.08. The molecule has 2 aromatic rings. The third-order valence-electron chi connectivity index (χ3n) is 5.11. The number of piperidine rings is 1. The van der Waals surface area contributed by atoms with Crippen molar-refractivity contribution in [2.75, 3.05) is 6.61 Å². The Morgan fingerprint density at radius 2 is 1.92 bits per heavy atom. The van der Waals surface area contributed by atoms with Gasteiger partial charge in [0.2, 0.25) is 0 Å². The molecule has 25 heavy (non-hydrogen) atoms. The van der Waals surface area contributed by atoms with Crippen LogP contribution in [0.3, 0.4) is 0 Å². The van der Waals surface area contributed by atoms with E-state index in [1.54, 1.807) is 0 Å². The molecule has 1 aliphatic rings. The van der Waals surface area contributed by atoms with E-state index in [1.807, 2.05) is 35.4 Å². The maximum atomic E-state index is 12.4. The van der Waals surface area contributed by atoms with E-state index < -0.39 is 0 Å². The summed E-state index contributed by atoms with van der Waals surface area (Å²) < 4.78 is 5.22. The fourth-order valence-corrected chi connectivity index (χ4v) is 3.78. The molecule has 5 heteroatoms. The average Bonchev–Trinajstić information content (AvgIpc) is 3.01. The minimum absolute atomic E-state index is 0.0832. The van der Waals surface area contributed by atoms with E-state index in [2.05, 4.69) is 18.8 Å².